The molecule has 2 rings (SSSR count). The molecule has 1 heterocycles. The molecule has 2 atom stereocenters. The summed E-state index contributed by atoms with van der Waals surface area (Å²) in [5, 5.41) is 12.3. The van der Waals surface area contributed by atoms with Gasteiger partial charge in [-0.25, -0.2) is 0 Å². The number of aliphatic imine (C=N–C) groups is 1. The van der Waals surface area contributed by atoms with Crippen LogP contribution in [0.25, 0.3) is 0 Å². The Morgan fingerprint density at radius 3 is 2.47 bits per heavy atom. The number of amides is 1. The number of hydrogen-bond acceptors (Lipinski definition) is 5. The molecule has 0 saturated heterocycles. The lowest BCUT2D eigenvalue weighted by Gasteiger charge is -2.28. The summed E-state index contributed by atoms with van der Waals surface area (Å²) in [5.41, 5.74) is 3.00. The van der Waals surface area contributed by atoms with Crippen molar-refractivity contribution < 1.29 is 4.79 Å². The first-order chi connectivity index (χ1) is 14.3. The second kappa shape index (κ2) is 12.5. The van der Waals surface area contributed by atoms with E-state index in [1.807, 2.05) is 43.9 Å². The number of amidine groups is 1. The highest BCUT2D eigenvalue weighted by molar-refractivity contribution is 6.00. The van der Waals surface area contributed by atoms with Gasteiger partial charge in [-0.2, -0.15) is 0 Å². The number of rotatable bonds is 8. The quantitative estimate of drug-likeness (QED) is 0.347. The summed E-state index contributed by atoms with van der Waals surface area (Å²) >= 11 is 0. The summed E-state index contributed by atoms with van der Waals surface area (Å²) < 4.78 is 0. The van der Waals surface area contributed by atoms with E-state index < -0.39 is 0 Å². The minimum absolute atomic E-state index is 0.0334. The second-order valence-electron chi connectivity index (χ2n) is 7.72. The van der Waals surface area contributed by atoms with Crippen molar-refractivity contribution in [2.24, 2.45) is 10.9 Å². The van der Waals surface area contributed by atoms with E-state index in [0.29, 0.717) is 19.0 Å². The molecule has 1 aromatic rings. The molecule has 6 heteroatoms. The zero-order valence-electron chi connectivity index (χ0n) is 18.8. The molecule has 1 aromatic carbocycles. The van der Waals surface area contributed by atoms with Crippen LogP contribution in [0.1, 0.15) is 38.3 Å². The van der Waals surface area contributed by atoms with E-state index in [9.17, 15) is 4.79 Å². The van der Waals surface area contributed by atoms with Gasteiger partial charge in [0.1, 0.15) is 6.04 Å². The van der Waals surface area contributed by atoms with Crippen LogP contribution in [0.5, 0.6) is 0 Å². The van der Waals surface area contributed by atoms with Gasteiger partial charge in [-0.3, -0.25) is 9.79 Å². The number of terminal acetylenes is 1. The maximum atomic E-state index is 13.0. The van der Waals surface area contributed by atoms with Gasteiger partial charge in [-0.15, -0.1) is 6.42 Å². The molecular formula is C24H35N5O. The Labute approximate surface area is 181 Å². The van der Waals surface area contributed by atoms with Gasteiger partial charge in [-0.1, -0.05) is 44.5 Å². The van der Waals surface area contributed by atoms with Crippen molar-refractivity contribution in [3.05, 3.63) is 42.1 Å². The van der Waals surface area contributed by atoms with E-state index in [0.717, 1.165) is 29.1 Å². The molecule has 0 fully saturated rings. The number of aryl methyl sites for hydroxylation is 2. The second-order valence-corrected chi connectivity index (χ2v) is 7.72. The Kier molecular flexibility index (Phi) is 10.4. The molecule has 0 aliphatic carbocycles. The third-order valence-electron chi connectivity index (χ3n) is 4.81. The first-order valence-corrected chi connectivity index (χ1v) is 10.2. The Balaban J connectivity index is 0.000000656. The lowest BCUT2D eigenvalue weighted by atomic mass is 9.97. The van der Waals surface area contributed by atoms with Crippen LogP contribution in [0.3, 0.4) is 0 Å². The Bertz CT molecular complexity index is 778. The number of carbonyl (C=O) groups excluding carboxylic acids is 1. The zero-order chi connectivity index (χ0) is 22.7. The van der Waals surface area contributed by atoms with Crippen LogP contribution < -0.4 is 10.6 Å². The van der Waals surface area contributed by atoms with Gasteiger partial charge in [0.25, 0.3) is 0 Å². The average Bonchev–Trinajstić information content (AvgIpc) is 2.98. The molecule has 30 heavy (non-hydrogen) atoms. The first-order valence-electron chi connectivity index (χ1n) is 10.2. The smallest absolute Gasteiger partial charge is 0.249 e. The van der Waals surface area contributed by atoms with Crippen LogP contribution in [0.4, 0.5) is 5.69 Å². The van der Waals surface area contributed by atoms with Crippen LogP contribution in [0, 0.1) is 37.5 Å². The van der Waals surface area contributed by atoms with E-state index in [1.54, 1.807) is 6.20 Å². The van der Waals surface area contributed by atoms with E-state index in [4.69, 9.17) is 16.8 Å². The third kappa shape index (κ3) is 7.07. The average molecular weight is 410 g/mol. The molecular weight excluding hydrogens is 374 g/mol. The SMILES string of the molecule is C#CCN1C(C)=NC(CC(C)C)C1C(=O)Nc1c(C)cccc1C.C=CNCC=N. The molecule has 0 saturated carbocycles. The number of benzene rings is 1. The molecule has 1 aliphatic heterocycles. The van der Waals surface area contributed by atoms with E-state index in [2.05, 4.69) is 37.0 Å². The number of hydrogen-bond donors (Lipinski definition) is 3. The monoisotopic (exact) mass is 409 g/mol. The summed E-state index contributed by atoms with van der Waals surface area (Å²) in [6.45, 7) is 14.6. The van der Waals surface area contributed by atoms with Crippen LogP contribution in [-0.4, -0.2) is 48.0 Å². The summed E-state index contributed by atoms with van der Waals surface area (Å²) in [6, 6.07) is 5.60. The van der Waals surface area contributed by atoms with Crippen molar-refractivity contribution in [2.45, 2.75) is 53.1 Å². The minimum atomic E-state index is -0.345. The van der Waals surface area contributed by atoms with Crippen molar-refractivity contribution in [3.63, 3.8) is 0 Å². The molecule has 2 unspecified atom stereocenters. The number of anilines is 1. The lowest BCUT2D eigenvalue weighted by Crippen LogP contribution is -2.48. The van der Waals surface area contributed by atoms with E-state index in [-0.39, 0.29) is 18.0 Å². The number of carbonyl (C=O) groups is 1. The molecule has 162 valence electrons. The summed E-state index contributed by atoms with van der Waals surface area (Å²) in [6.07, 6.45) is 9.21. The maximum Gasteiger partial charge on any atom is 0.249 e. The third-order valence-corrected chi connectivity index (χ3v) is 4.81. The number of para-hydroxylation sites is 1. The fraction of sp³-hybridized carbons (Fsp3) is 0.458. The summed E-state index contributed by atoms with van der Waals surface area (Å²) in [4.78, 5) is 19.7. The zero-order valence-corrected chi connectivity index (χ0v) is 18.8. The van der Waals surface area contributed by atoms with Crippen molar-refractivity contribution in [3.8, 4) is 12.3 Å². The molecule has 0 radical (unpaired) electrons. The van der Waals surface area contributed by atoms with Crippen molar-refractivity contribution in [1.82, 2.24) is 10.2 Å². The van der Waals surface area contributed by atoms with Gasteiger partial charge in [-0.05, 0) is 50.4 Å². The highest BCUT2D eigenvalue weighted by Gasteiger charge is 2.39. The molecule has 1 aliphatic rings. The predicted octanol–water partition coefficient (Wildman–Crippen LogP) is 3.76. The van der Waals surface area contributed by atoms with Gasteiger partial charge in [0.05, 0.1) is 18.4 Å². The van der Waals surface area contributed by atoms with Crippen LogP contribution >= 0.6 is 0 Å². The predicted molar refractivity (Wildman–Crippen MR) is 127 cm³/mol. The Hall–Kier alpha value is -3.07. The molecule has 0 spiro atoms. The lowest BCUT2D eigenvalue weighted by molar-refractivity contribution is -0.120. The van der Waals surface area contributed by atoms with E-state index in [1.165, 1.54) is 6.21 Å². The Morgan fingerprint density at radius 2 is 2.00 bits per heavy atom. The molecule has 0 aromatic heterocycles. The standard InChI is InChI=1S/C20H27N3O.C4H8N2/c1-7-11-23-16(6)21-17(12-13(2)3)19(23)20(24)22-18-14(4)9-8-10-15(18)5;1-2-6-4-3-5/h1,8-10,13,17,19H,11-12H2,2-6H3,(H,22,24);2-3,5-6H,1,4H2. The largest absolute Gasteiger partial charge is 0.386 e. The van der Waals surface area contributed by atoms with E-state index >= 15 is 0 Å². The highest BCUT2D eigenvalue weighted by atomic mass is 16.2. The van der Waals surface area contributed by atoms with Crippen LogP contribution in [0.15, 0.2) is 36.0 Å². The summed E-state index contributed by atoms with van der Waals surface area (Å²) in [5.74, 6) is 3.93. The molecule has 1 amide bonds. The van der Waals surface area contributed by atoms with Crippen LogP contribution in [-0.2, 0) is 4.79 Å². The topological polar surface area (TPSA) is 80.6 Å². The number of nitrogens with one attached hydrogen (secondary N) is 3. The molecule has 6 nitrogen and oxygen atoms in total. The van der Waals surface area contributed by atoms with Crippen LogP contribution in [0.2, 0.25) is 0 Å². The molecule has 0 bridgehead atoms. The van der Waals surface area contributed by atoms with Gasteiger partial charge in [0, 0.05) is 18.4 Å². The summed E-state index contributed by atoms with van der Waals surface area (Å²) in [7, 11) is 0. The normalized spacial score (nSPS) is 17.4. The maximum absolute atomic E-state index is 13.0. The van der Waals surface area contributed by atoms with Gasteiger partial charge in [0.15, 0.2) is 0 Å². The Morgan fingerprint density at radius 1 is 1.37 bits per heavy atom. The van der Waals surface area contributed by atoms with Gasteiger partial charge >= 0.3 is 0 Å². The minimum Gasteiger partial charge on any atom is -0.386 e. The molecule has 3 N–H and O–H groups in total. The van der Waals surface area contributed by atoms with Crippen molar-refractivity contribution in [1.29, 1.82) is 5.41 Å². The fourth-order valence-electron chi connectivity index (χ4n) is 3.44. The van der Waals surface area contributed by atoms with Gasteiger partial charge < -0.3 is 20.9 Å². The fourth-order valence-corrected chi connectivity index (χ4v) is 3.44. The van der Waals surface area contributed by atoms with Crippen molar-refractivity contribution >= 4 is 23.6 Å². The van der Waals surface area contributed by atoms with Gasteiger partial charge in [0.2, 0.25) is 5.91 Å². The first kappa shape index (κ1) is 25.0. The van der Waals surface area contributed by atoms with Crippen molar-refractivity contribution in [2.75, 3.05) is 18.4 Å². The highest BCUT2D eigenvalue weighted by Crippen LogP contribution is 2.26. The number of nitrogens with zero attached hydrogens (tertiary/aromatic N) is 2.